The van der Waals surface area contributed by atoms with Gasteiger partial charge in [0.1, 0.15) is 0 Å². The first-order chi connectivity index (χ1) is 12.3. The van der Waals surface area contributed by atoms with Crippen molar-refractivity contribution >= 4 is 0 Å². The highest BCUT2D eigenvalue weighted by atomic mass is 16.5. The molecule has 0 radical (unpaired) electrons. The average Bonchev–Trinajstić information content (AvgIpc) is 3.31. The van der Waals surface area contributed by atoms with Gasteiger partial charge in [0.05, 0.1) is 12.2 Å². The van der Waals surface area contributed by atoms with E-state index in [-0.39, 0.29) is 6.04 Å². The number of benzene rings is 1. The molecule has 1 aliphatic rings. The highest BCUT2D eigenvalue weighted by Gasteiger charge is 2.25. The van der Waals surface area contributed by atoms with Crippen molar-refractivity contribution in [2.75, 3.05) is 26.7 Å². The van der Waals surface area contributed by atoms with E-state index in [1.165, 1.54) is 0 Å². The van der Waals surface area contributed by atoms with E-state index < -0.39 is 0 Å². The van der Waals surface area contributed by atoms with Crippen LogP contribution in [0.15, 0.2) is 45.5 Å². The lowest BCUT2D eigenvalue weighted by Crippen LogP contribution is -2.44. The molecule has 25 heavy (non-hydrogen) atoms. The van der Waals surface area contributed by atoms with Gasteiger partial charge in [-0.25, -0.2) is 4.98 Å². The summed E-state index contributed by atoms with van der Waals surface area (Å²) in [6.07, 6.45) is 3.01. The summed E-state index contributed by atoms with van der Waals surface area (Å²) in [7, 11) is 2.08. The number of hydrogen-bond acceptors (Lipinski definition) is 7. The molecule has 1 aliphatic heterocycles. The Morgan fingerprint density at radius 3 is 2.88 bits per heavy atom. The second-order valence-electron chi connectivity index (χ2n) is 6.23. The molecule has 0 saturated carbocycles. The molecule has 1 atom stereocenters. The molecule has 2 aromatic heterocycles. The van der Waals surface area contributed by atoms with E-state index in [0.717, 1.165) is 36.8 Å². The first kappa shape index (κ1) is 16.0. The van der Waals surface area contributed by atoms with Gasteiger partial charge in [0.25, 0.3) is 0 Å². The fourth-order valence-corrected chi connectivity index (χ4v) is 2.97. The summed E-state index contributed by atoms with van der Waals surface area (Å²) in [5, 5.41) is 7.50. The molecule has 3 heterocycles. The van der Waals surface area contributed by atoms with Crippen molar-refractivity contribution in [2.24, 2.45) is 0 Å². The quantitative estimate of drug-likeness (QED) is 0.762. The predicted molar refractivity (Wildman–Crippen MR) is 91.9 cm³/mol. The molecule has 0 amide bonds. The zero-order chi connectivity index (χ0) is 17.1. The fraction of sp³-hybridized carbons (Fsp3) is 0.389. The van der Waals surface area contributed by atoms with Crippen LogP contribution < -0.4 is 5.32 Å². The zero-order valence-corrected chi connectivity index (χ0v) is 14.2. The van der Waals surface area contributed by atoms with Crippen LogP contribution in [0.1, 0.15) is 23.6 Å². The summed E-state index contributed by atoms with van der Waals surface area (Å²) < 4.78 is 11.2. The van der Waals surface area contributed by atoms with E-state index >= 15 is 0 Å². The lowest BCUT2D eigenvalue weighted by molar-refractivity contribution is 0.190. The van der Waals surface area contributed by atoms with Crippen molar-refractivity contribution in [2.45, 2.75) is 18.9 Å². The third kappa shape index (κ3) is 3.62. The van der Waals surface area contributed by atoms with Gasteiger partial charge >= 0.3 is 0 Å². The third-order valence-corrected chi connectivity index (χ3v) is 4.46. The lowest BCUT2D eigenvalue weighted by Gasteiger charge is -2.30. The van der Waals surface area contributed by atoms with E-state index in [0.29, 0.717) is 24.6 Å². The van der Waals surface area contributed by atoms with E-state index in [9.17, 15) is 0 Å². The number of rotatable bonds is 5. The first-order valence-corrected chi connectivity index (χ1v) is 8.53. The van der Waals surface area contributed by atoms with Crippen LogP contribution in [0.2, 0.25) is 0 Å². The van der Waals surface area contributed by atoms with E-state index in [1.54, 1.807) is 6.20 Å². The number of piperazine rings is 1. The van der Waals surface area contributed by atoms with E-state index in [4.69, 9.17) is 8.94 Å². The molecule has 130 valence electrons. The molecule has 3 aromatic rings. The van der Waals surface area contributed by atoms with Gasteiger partial charge in [0.2, 0.25) is 5.89 Å². The van der Waals surface area contributed by atoms with E-state index in [2.05, 4.69) is 32.4 Å². The Hall–Kier alpha value is -2.51. The topological polar surface area (TPSA) is 80.2 Å². The zero-order valence-electron chi connectivity index (χ0n) is 14.2. The molecule has 1 saturated heterocycles. The molecule has 1 aromatic carbocycles. The molecule has 1 unspecified atom stereocenters. The molecule has 0 aliphatic carbocycles. The Labute approximate surface area is 146 Å². The van der Waals surface area contributed by atoms with Gasteiger partial charge in [0, 0.05) is 38.0 Å². The maximum atomic E-state index is 5.81. The SMILES string of the molecule is CN1CCNCC1c1noc(CCc2ncc(-c3ccccc3)o2)n1. The number of hydrogen-bond donors (Lipinski definition) is 1. The molecule has 1 fully saturated rings. The summed E-state index contributed by atoms with van der Waals surface area (Å²) >= 11 is 0. The number of aryl methyl sites for hydroxylation is 2. The van der Waals surface area contributed by atoms with Gasteiger partial charge in [-0.2, -0.15) is 4.98 Å². The predicted octanol–water partition coefficient (Wildman–Crippen LogP) is 2.09. The van der Waals surface area contributed by atoms with Crippen LogP contribution in [0.3, 0.4) is 0 Å². The number of oxazole rings is 1. The van der Waals surface area contributed by atoms with Crippen LogP contribution in [-0.4, -0.2) is 46.7 Å². The maximum absolute atomic E-state index is 5.81. The average molecular weight is 339 g/mol. The van der Waals surface area contributed by atoms with Crippen molar-refractivity contribution in [1.29, 1.82) is 0 Å². The Bertz CT molecular complexity index is 814. The summed E-state index contributed by atoms with van der Waals surface area (Å²) in [5.74, 6) is 2.81. The first-order valence-electron chi connectivity index (χ1n) is 8.53. The largest absolute Gasteiger partial charge is 0.441 e. The highest BCUT2D eigenvalue weighted by molar-refractivity contribution is 5.55. The minimum absolute atomic E-state index is 0.165. The van der Waals surface area contributed by atoms with Crippen molar-refractivity contribution in [1.82, 2.24) is 25.3 Å². The molecule has 7 heteroatoms. The number of nitrogens with one attached hydrogen (secondary N) is 1. The van der Waals surface area contributed by atoms with E-state index in [1.807, 2.05) is 30.3 Å². The van der Waals surface area contributed by atoms with Gasteiger partial charge in [-0.15, -0.1) is 0 Å². The number of likely N-dealkylation sites (N-methyl/N-ethyl adjacent to an activating group) is 1. The second-order valence-corrected chi connectivity index (χ2v) is 6.23. The van der Waals surface area contributed by atoms with Crippen LogP contribution in [0.5, 0.6) is 0 Å². The third-order valence-electron chi connectivity index (χ3n) is 4.46. The molecule has 0 bridgehead atoms. The molecular weight excluding hydrogens is 318 g/mol. The van der Waals surface area contributed by atoms with Gasteiger partial charge in [0.15, 0.2) is 17.5 Å². The Balaban J connectivity index is 1.38. The monoisotopic (exact) mass is 339 g/mol. The molecular formula is C18H21N5O2. The van der Waals surface area contributed by atoms with Crippen LogP contribution in [-0.2, 0) is 12.8 Å². The molecule has 0 spiro atoms. The van der Waals surface area contributed by atoms with Gasteiger partial charge in [-0.3, -0.25) is 4.90 Å². The van der Waals surface area contributed by atoms with Crippen molar-refractivity contribution in [3.05, 3.63) is 54.1 Å². The van der Waals surface area contributed by atoms with Gasteiger partial charge < -0.3 is 14.3 Å². The van der Waals surface area contributed by atoms with Crippen LogP contribution >= 0.6 is 0 Å². The molecule has 7 nitrogen and oxygen atoms in total. The van der Waals surface area contributed by atoms with Crippen LogP contribution in [0.4, 0.5) is 0 Å². The maximum Gasteiger partial charge on any atom is 0.227 e. The van der Waals surface area contributed by atoms with Crippen LogP contribution in [0.25, 0.3) is 11.3 Å². The van der Waals surface area contributed by atoms with Gasteiger partial charge in [-0.1, -0.05) is 35.5 Å². The lowest BCUT2D eigenvalue weighted by atomic mass is 10.2. The Kier molecular flexibility index (Phi) is 4.58. The summed E-state index contributed by atoms with van der Waals surface area (Å²) in [4.78, 5) is 11.1. The van der Waals surface area contributed by atoms with Crippen molar-refractivity contribution in [3.63, 3.8) is 0 Å². The summed E-state index contributed by atoms with van der Waals surface area (Å²) in [6.45, 7) is 2.81. The van der Waals surface area contributed by atoms with Crippen molar-refractivity contribution < 1.29 is 8.94 Å². The minimum Gasteiger partial charge on any atom is -0.441 e. The Morgan fingerprint density at radius 1 is 1.20 bits per heavy atom. The summed E-state index contributed by atoms with van der Waals surface area (Å²) in [6, 6.07) is 10.1. The fourth-order valence-electron chi connectivity index (χ4n) is 2.97. The standard InChI is InChI=1S/C18H21N5O2/c1-23-10-9-19-11-14(23)18-21-17(25-22-18)8-7-16-20-12-15(24-16)13-5-3-2-4-6-13/h2-6,12,14,19H,7-11H2,1H3. The minimum atomic E-state index is 0.165. The Morgan fingerprint density at radius 2 is 2.04 bits per heavy atom. The normalized spacial score (nSPS) is 18.5. The highest BCUT2D eigenvalue weighted by Crippen LogP contribution is 2.21. The molecule has 4 rings (SSSR count). The van der Waals surface area contributed by atoms with Crippen molar-refractivity contribution in [3.8, 4) is 11.3 Å². The number of nitrogens with zero attached hydrogens (tertiary/aromatic N) is 4. The van der Waals surface area contributed by atoms with Gasteiger partial charge in [-0.05, 0) is 7.05 Å². The number of aromatic nitrogens is 3. The second kappa shape index (κ2) is 7.16. The summed E-state index contributed by atoms with van der Waals surface area (Å²) in [5.41, 5.74) is 1.02. The smallest absolute Gasteiger partial charge is 0.227 e. The molecule has 1 N–H and O–H groups in total. The van der Waals surface area contributed by atoms with Crippen LogP contribution in [0, 0.1) is 0 Å².